The van der Waals surface area contributed by atoms with Gasteiger partial charge in [0.15, 0.2) is 11.9 Å². The van der Waals surface area contributed by atoms with Crippen molar-refractivity contribution < 1.29 is 33.7 Å². The largest absolute Gasteiger partial charge is 1.00 e. The lowest BCUT2D eigenvalue weighted by Crippen LogP contribution is -3.00. The second kappa shape index (κ2) is 7.87. The summed E-state index contributed by atoms with van der Waals surface area (Å²) in [6.45, 7) is 0. The Labute approximate surface area is 135 Å². The number of aryl methyl sites for hydroxylation is 1. The third-order valence-electron chi connectivity index (χ3n) is 3.07. The molecular weight excluding hydrogens is 369 g/mol. The Bertz CT molecular complexity index is 516. The van der Waals surface area contributed by atoms with Crippen molar-refractivity contribution in [2.75, 3.05) is 6.26 Å². The molecule has 0 fully saturated rings. The number of pyridine rings is 1. The minimum atomic E-state index is -0.450. The van der Waals surface area contributed by atoms with Gasteiger partial charge in [0.2, 0.25) is 0 Å². The summed E-state index contributed by atoms with van der Waals surface area (Å²) in [6, 6.07) is 14.1. The lowest BCUT2D eigenvalue weighted by Gasteiger charge is -2.10. The molecule has 1 unspecified atom stereocenters. The Balaban J connectivity index is 0.00000180. The molecular formula is C15H18INOS. The van der Waals surface area contributed by atoms with Gasteiger partial charge in [0, 0.05) is 17.0 Å². The SMILES string of the molecule is CSc1ccc(C(O)Cc2cccc[n+]2C)cc1.[I-]. The molecule has 0 aliphatic carbocycles. The van der Waals surface area contributed by atoms with Crippen LogP contribution in [-0.2, 0) is 13.5 Å². The predicted octanol–water partition coefficient (Wildman–Crippen LogP) is -0.487. The predicted molar refractivity (Wildman–Crippen MR) is 74.5 cm³/mol. The van der Waals surface area contributed by atoms with Gasteiger partial charge in [-0.2, -0.15) is 0 Å². The van der Waals surface area contributed by atoms with E-state index in [1.54, 1.807) is 11.8 Å². The number of rotatable bonds is 4. The van der Waals surface area contributed by atoms with Crippen LogP contribution < -0.4 is 28.5 Å². The van der Waals surface area contributed by atoms with Crippen molar-refractivity contribution in [3.63, 3.8) is 0 Å². The summed E-state index contributed by atoms with van der Waals surface area (Å²) in [4.78, 5) is 1.22. The van der Waals surface area contributed by atoms with Gasteiger partial charge in [-0.05, 0) is 24.0 Å². The standard InChI is InChI=1S/C15H18NOS.HI/c1-16-10-4-3-5-13(16)11-15(17)12-6-8-14(18-2)9-7-12;/h3-10,15,17H,11H2,1-2H3;1H/q+1;/p-1. The molecule has 1 aromatic carbocycles. The van der Waals surface area contributed by atoms with Gasteiger partial charge in [-0.15, -0.1) is 11.8 Å². The normalized spacial score (nSPS) is 11.7. The fourth-order valence-electron chi connectivity index (χ4n) is 1.91. The first-order valence-corrected chi connectivity index (χ1v) is 7.18. The molecule has 0 amide bonds. The first-order chi connectivity index (χ1) is 8.70. The lowest BCUT2D eigenvalue weighted by atomic mass is 10.0. The molecule has 0 aliphatic rings. The van der Waals surface area contributed by atoms with Crippen molar-refractivity contribution in [1.29, 1.82) is 0 Å². The van der Waals surface area contributed by atoms with Gasteiger partial charge in [0.25, 0.3) is 0 Å². The number of hydrogen-bond donors (Lipinski definition) is 1. The molecule has 2 rings (SSSR count). The molecule has 0 radical (unpaired) electrons. The average Bonchev–Trinajstić information content (AvgIpc) is 2.41. The summed E-state index contributed by atoms with van der Waals surface area (Å²) in [7, 11) is 2.00. The van der Waals surface area contributed by atoms with Crippen LogP contribution in [0.1, 0.15) is 17.4 Å². The van der Waals surface area contributed by atoms with Crippen molar-refractivity contribution in [2.45, 2.75) is 17.4 Å². The minimum absolute atomic E-state index is 0. The highest BCUT2D eigenvalue weighted by molar-refractivity contribution is 7.98. The van der Waals surface area contributed by atoms with E-state index >= 15 is 0 Å². The van der Waals surface area contributed by atoms with E-state index in [1.165, 1.54) is 4.90 Å². The molecule has 0 bridgehead atoms. The summed E-state index contributed by atoms with van der Waals surface area (Å²) in [5, 5.41) is 10.2. The highest BCUT2D eigenvalue weighted by atomic mass is 127. The summed E-state index contributed by atoms with van der Waals surface area (Å²) in [5.74, 6) is 0. The molecule has 2 nitrogen and oxygen atoms in total. The number of hydrogen-bond acceptors (Lipinski definition) is 2. The van der Waals surface area contributed by atoms with E-state index in [2.05, 4.69) is 6.26 Å². The average molecular weight is 387 g/mol. The van der Waals surface area contributed by atoms with Gasteiger partial charge < -0.3 is 29.1 Å². The van der Waals surface area contributed by atoms with Gasteiger partial charge in [0.1, 0.15) is 7.05 Å². The van der Waals surface area contributed by atoms with E-state index in [0.29, 0.717) is 6.42 Å². The molecule has 1 heterocycles. The van der Waals surface area contributed by atoms with Gasteiger partial charge in [-0.25, -0.2) is 4.57 Å². The first kappa shape index (κ1) is 16.5. The molecule has 1 atom stereocenters. The second-order valence-corrected chi connectivity index (χ2v) is 5.18. The number of aromatic nitrogens is 1. The first-order valence-electron chi connectivity index (χ1n) is 5.96. The van der Waals surface area contributed by atoms with Crippen molar-refractivity contribution >= 4 is 11.8 Å². The third-order valence-corrected chi connectivity index (χ3v) is 3.81. The van der Waals surface area contributed by atoms with Crippen molar-refractivity contribution in [3.05, 3.63) is 59.9 Å². The Morgan fingerprint density at radius 3 is 2.42 bits per heavy atom. The van der Waals surface area contributed by atoms with E-state index in [-0.39, 0.29) is 24.0 Å². The van der Waals surface area contributed by atoms with E-state index in [9.17, 15) is 5.11 Å². The molecule has 19 heavy (non-hydrogen) atoms. The maximum atomic E-state index is 10.2. The number of aliphatic hydroxyl groups is 1. The lowest BCUT2D eigenvalue weighted by molar-refractivity contribution is -0.679. The monoisotopic (exact) mass is 387 g/mol. The summed E-state index contributed by atoms with van der Waals surface area (Å²) in [6.07, 6.45) is 4.24. The Kier molecular flexibility index (Phi) is 6.82. The molecule has 0 saturated heterocycles. The van der Waals surface area contributed by atoms with Crippen LogP contribution in [0, 0.1) is 0 Å². The molecule has 4 heteroatoms. The molecule has 0 saturated carbocycles. The van der Waals surface area contributed by atoms with Crippen LogP contribution in [0.3, 0.4) is 0 Å². The van der Waals surface area contributed by atoms with Crippen LogP contribution in [0.25, 0.3) is 0 Å². The number of benzene rings is 1. The minimum Gasteiger partial charge on any atom is -1.00 e. The van der Waals surface area contributed by atoms with Crippen molar-refractivity contribution in [3.8, 4) is 0 Å². The Morgan fingerprint density at radius 2 is 1.84 bits per heavy atom. The molecule has 1 aromatic heterocycles. The van der Waals surface area contributed by atoms with Crippen LogP contribution >= 0.6 is 11.8 Å². The quantitative estimate of drug-likeness (QED) is 0.435. The van der Waals surface area contributed by atoms with E-state index in [1.807, 2.05) is 60.3 Å². The number of thioether (sulfide) groups is 1. The van der Waals surface area contributed by atoms with E-state index in [0.717, 1.165) is 11.3 Å². The fourth-order valence-corrected chi connectivity index (χ4v) is 2.32. The zero-order chi connectivity index (χ0) is 13.0. The van der Waals surface area contributed by atoms with Crippen LogP contribution in [0.5, 0.6) is 0 Å². The van der Waals surface area contributed by atoms with Crippen LogP contribution in [0.2, 0.25) is 0 Å². The van der Waals surface area contributed by atoms with Gasteiger partial charge in [0.05, 0.1) is 12.5 Å². The Hall–Kier alpha value is -0.590. The van der Waals surface area contributed by atoms with Gasteiger partial charge in [-0.1, -0.05) is 18.2 Å². The summed E-state index contributed by atoms with van der Waals surface area (Å²) < 4.78 is 2.04. The van der Waals surface area contributed by atoms with Crippen molar-refractivity contribution in [1.82, 2.24) is 0 Å². The molecule has 0 aliphatic heterocycles. The zero-order valence-corrected chi connectivity index (χ0v) is 14.1. The van der Waals surface area contributed by atoms with Gasteiger partial charge >= 0.3 is 0 Å². The van der Waals surface area contributed by atoms with Crippen molar-refractivity contribution in [2.24, 2.45) is 7.05 Å². The van der Waals surface area contributed by atoms with E-state index < -0.39 is 6.10 Å². The van der Waals surface area contributed by atoms with Gasteiger partial charge in [-0.3, -0.25) is 0 Å². The summed E-state index contributed by atoms with van der Waals surface area (Å²) >= 11 is 1.71. The molecule has 2 aromatic rings. The molecule has 102 valence electrons. The smallest absolute Gasteiger partial charge is 0.184 e. The molecule has 0 spiro atoms. The number of halogens is 1. The van der Waals surface area contributed by atoms with E-state index in [4.69, 9.17) is 0 Å². The number of nitrogens with zero attached hydrogens (tertiary/aromatic N) is 1. The zero-order valence-electron chi connectivity index (χ0n) is 11.1. The maximum Gasteiger partial charge on any atom is 0.184 e. The number of aliphatic hydroxyl groups excluding tert-OH is 1. The van der Waals surface area contributed by atoms with Crippen LogP contribution in [0.4, 0.5) is 0 Å². The summed E-state index contributed by atoms with van der Waals surface area (Å²) in [5.41, 5.74) is 2.09. The third kappa shape index (κ3) is 4.47. The second-order valence-electron chi connectivity index (χ2n) is 4.30. The maximum absolute atomic E-state index is 10.2. The molecule has 1 N–H and O–H groups in total. The highest BCUT2D eigenvalue weighted by Gasteiger charge is 2.14. The van der Waals surface area contributed by atoms with Crippen LogP contribution in [-0.4, -0.2) is 11.4 Å². The fraction of sp³-hybridized carbons (Fsp3) is 0.267. The topological polar surface area (TPSA) is 24.1 Å². The Morgan fingerprint density at radius 1 is 1.16 bits per heavy atom. The van der Waals surface area contributed by atoms with Crippen LogP contribution in [0.15, 0.2) is 53.6 Å². The highest BCUT2D eigenvalue weighted by Crippen LogP contribution is 2.20.